The Morgan fingerprint density at radius 2 is 1.35 bits per heavy atom. The number of rotatable bonds is 7. The molecular weight excluding hydrogens is 424 g/mol. The Morgan fingerprint density at radius 1 is 0.765 bits per heavy atom. The lowest BCUT2D eigenvalue weighted by Crippen LogP contribution is -2.47. The molecule has 1 N–H and O–H groups in total. The second kappa shape index (κ2) is 10.1. The van der Waals surface area contributed by atoms with Crippen LogP contribution in [-0.2, 0) is 11.3 Å². The molecule has 2 heterocycles. The van der Waals surface area contributed by atoms with Crippen molar-refractivity contribution in [3.63, 3.8) is 0 Å². The summed E-state index contributed by atoms with van der Waals surface area (Å²) in [6.45, 7) is 5.96. The van der Waals surface area contributed by atoms with Crippen LogP contribution < -0.4 is 15.6 Å². The first-order valence-corrected chi connectivity index (χ1v) is 12.0. The number of para-hydroxylation sites is 3. The molecule has 0 saturated carbocycles. The van der Waals surface area contributed by atoms with Crippen LogP contribution >= 0.6 is 0 Å². The van der Waals surface area contributed by atoms with Gasteiger partial charge in [-0.2, -0.15) is 0 Å². The van der Waals surface area contributed by atoms with Crippen molar-refractivity contribution in [2.45, 2.75) is 13.0 Å². The molecule has 1 aliphatic heterocycles. The van der Waals surface area contributed by atoms with E-state index in [0.717, 1.165) is 50.2 Å². The third kappa shape index (κ3) is 4.68. The van der Waals surface area contributed by atoms with Crippen LogP contribution in [0.5, 0.6) is 0 Å². The van der Waals surface area contributed by atoms with Crippen molar-refractivity contribution in [2.24, 2.45) is 0 Å². The fourth-order valence-corrected chi connectivity index (χ4v) is 4.85. The van der Waals surface area contributed by atoms with Crippen molar-refractivity contribution in [3.8, 4) is 0 Å². The molecule has 34 heavy (non-hydrogen) atoms. The summed E-state index contributed by atoms with van der Waals surface area (Å²) in [4.78, 5) is 30.6. The third-order valence-corrected chi connectivity index (χ3v) is 6.65. The molecule has 1 saturated heterocycles. The lowest BCUT2D eigenvalue weighted by molar-refractivity contribution is -0.121. The summed E-state index contributed by atoms with van der Waals surface area (Å²) in [7, 11) is 0. The van der Waals surface area contributed by atoms with Crippen molar-refractivity contribution in [1.29, 1.82) is 0 Å². The van der Waals surface area contributed by atoms with E-state index in [0.29, 0.717) is 17.3 Å². The molecule has 0 spiro atoms. The summed E-state index contributed by atoms with van der Waals surface area (Å²) in [6, 6.07) is 25.6. The van der Waals surface area contributed by atoms with E-state index < -0.39 is 0 Å². The van der Waals surface area contributed by atoms with Gasteiger partial charge >= 0.3 is 0 Å². The number of benzene rings is 3. The van der Waals surface area contributed by atoms with Crippen LogP contribution in [0.2, 0.25) is 0 Å². The summed E-state index contributed by atoms with van der Waals surface area (Å²) in [5.74, 6) is -0.0344. The van der Waals surface area contributed by atoms with E-state index in [1.54, 1.807) is 0 Å². The second-order valence-corrected chi connectivity index (χ2v) is 8.82. The van der Waals surface area contributed by atoms with Gasteiger partial charge < -0.3 is 14.8 Å². The van der Waals surface area contributed by atoms with E-state index in [1.807, 2.05) is 53.1 Å². The number of piperazine rings is 1. The van der Waals surface area contributed by atoms with E-state index >= 15 is 0 Å². The molecule has 1 fully saturated rings. The van der Waals surface area contributed by atoms with Gasteiger partial charge in [-0.3, -0.25) is 14.5 Å². The van der Waals surface area contributed by atoms with Crippen LogP contribution in [0.25, 0.3) is 21.8 Å². The maximum absolute atomic E-state index is 12.9. The Hall–Kier alpha value is -3.64. The summed E-state index contributed by atoms with van der Waals surface area (Å²) in [5, 5.41) is 4.36. The Morgan fingerprint density at radius 3 is 2.00 bits per heavy atom. The number of nitrogens with one attached hydrogen (secondary N) is 1. The number of fused-ring (bicyclic) bond motifs is 2. The highest BCUT2D eigenvalue weighted by molar-refractivity contribution is 5.94. The molecule has 3 aromatic carbocycles. The van der Waals surface area contributed by atoms with Crippen LogP contribution in [-0.4, -0.2) is 54.6 Å². The van der Waals surface area contributed by atoms with Crippen LogP contribution in [0.15, 0.2) is 83.7 Å². The van der Waals surface area contributed by atoms with Crippen molar-refractivity contribution < 1.29 is 4.79 Å². The fourth-order valence-electron chi connectivity index (χ4n) is 4.85. The van der Waals surface area contributed by atoms with Gasteiger partial charge in [-0.25, -0.2) is 0 Å². The number of aromatic nitrogens is 1. The normalized spacial score (nSPS) is 14.5. The summed E-state index contributed by atoms with van der Waals surface area (Å²) >= 11 is 0. The van der Waals surface area contributed by atoms with E-state index in [2.05, 4.69) is 45.4 Å². The SMILES string of the molecule is O=C(Cn1c2ccccc2c(=O)c2ccccc21)NCCCN1CCN(c2ccccc2)CC1. The van der Waals surface area contributed by atoms with Crippen molar-refractivity contribution in [2.75, 3.05) is 44.2 Å². The van der Waals surface area contributed by atoms with Crippen LogP contribution in [0.4, 0.5) is 5.69 Å². The zero-order valence-electron chi connectivity index (χ0n) is 19.3. The Bertz CT molecular complexity index is 1280. The smallest absolute Gasteiger partial charge is 0.239 e. The van der Waals surface area contributed by atoms with Crippen LogP contribution in [0.3, 0.4) is 0 Å². The number of carbonyl (C=O) groups is 1. The van der Waals surface area contributed by atoms with Crippen molar-refractivity contribution in [1.82, 2.24) is 14.8 Å². The van der Waals surface area contributed by atoms with E-state index in [9.17, 15) is 9.59 Å². The molecule has 0 bridgehead atoms. The average Bonchev–Trinajstić information content (AvgIpc) is 2.90. The van der Waals surface area contributed by atoms with Gasteiger partial charge in [0.05, 0.1) is 11.0 Å². The van der Waals surface area contributed by atoms with Crippen LogP contribution in [0, 0.1) is 0 Å². The van der Waals surface area contributed by atoms with Crippen LogP contribution in [0.1, 0.15) is 6.42 Å². The molecular formula is C28H30N4O2. The van der Waals surface area contributed by atoms with Crippen molar-refractivity contribution >= 4 is 33.4 Å². The van der Waals surface area contributed by atoms with E-state index in [4.69, 9.17) is 0 Å². The van der Waals surface area contributed by atoms with Gasteiger partial charge in [0.2, 0.25) is 5.91 Å². The number of nitrogens with zero attached hydrogens (tertiary/aromatic N) is 3. The predicted octanol–water partition coefficient (Wildman–Crippen LogP) is 3.48. The Labute approximate surface area is 199 Å². The quantitative estimate of drug-likeness (QED) is 0.343. The van der Waals surface area contributed by atoms with E-state index in [-0.39, 0.29) is 17.9 Å². The zero-order chi connectivity index (χ0) is 23.3. The number of anilines is 1. The minimum atomic E-state index is -0.0344. The van der Waals surface area contributed by atoms with Gasteiger partial charge in [0.1, 0.15) is 6.54 Å². The standard InChI is InChI=1S/C28H30N4O2/c33-27(29-15-8-16-30-17-19-31(20-18-30)22-9-2-1-3-10-22)21-32-25-13-6-4-11-23(25)28(34)24-12-5-7-14-26(24)32/h1-7,9-14H,8,15-21H2,(H,29,33). The Balaban J connectivity index is 1.15. The molecule has 5 rings (SSSR count). The highest BCUT2D eigenvalue weighted by Gasteiger charge is 2.17. The highest BCUT2D eigenvalue weighted by atomic mass is 16.2. The van der Waals surface area contributed by atoms with Gasteiger partial charge in [0.25, 0.3) is 0 Å². The van der Waals surface area contributed by atoms with Gasteiger partial charge in [-0.05, 0) is 49.4 Å². The summed E-state index contributed by atoms with van der Waals surface area (Å²) < 4.78 is 1.95. The number of carbonyl (C=O) groups excluding carboxylic acids is 1. The van der Waals surface area contributed by atoms with Gasteiger partial charge in [-0.15, -0.1) is 0 Å². The number of pyridine rings is 1. The minimum absolute atomic E-state index is 0.00946. The molecule has 1 aromatic heterocycles. The first kappa shape index (κ1) is 22.2. The van der Waals surface area contributed by atoms with E-state index in [1.165, 1.54) is 5.69 Å². The lowest BCUT2D eigenvalue weighted by Gasteiger charge is -2.36. The fraction of sp³-hybridized carbons (Fsp3) is 0.286. The predicted molar refractivity (Wildman–Crippen MR) is 138 cm³/mol. The topological polar surface area (TPSA) is 57.6 Å². The second-order valence-electron chi connectivity index (χ2n) is 8.82. The summed E-state index contributed by atoms with van der Waals surface area (Å²) in [5.41, 5.74) is 2.88. The molecule has 1 amide bonds. The van der Waals surface area contributed by atoms with Gasteiger partial charge in [0.15, 0.2) is 5.43 Å². The first-order chi connectivity index (χ1) is 16.7. The monoisotopic (exact) mass is 454 g/mol. The molecule has 0 atom stereocenters. The number of hydrogen-bond donors (Lipinski definition) is 1. The van der Waals surface area contributed by atoms with Crippen molar-refractivity contribution in [3.05, 3.63) is 89.1 Å². The lowest BCUT2D eigenvalue weighted by atomic mass is 10.1. The highest BCUT2D eigenvalue weighted by Crippen LogP contribution is 2.19. The molecule has 174 valence electrons. The molecule has 0 aliphatic carbocycles. The molecule has 0 unspecified atom stereocenters. The number of hydrogen-bond acceptors (Lipinski definition) is 4. The molecule has 6 heteroatoms. The molecule has 0 radical (unpaired) electrons. The number of amides is 1. The molecule has 1 aliphatic rings. The maximum atomic E-state index is 12.9. The maximum Gasteiger partial charge on any atom is 0.239 e. The minimum Gasteiger partial charge on any atom is -0.369 e. The van der Waals surface area contributed by atoms with Gasteiger partial charge in [-0.1, -0.05) is 42.5 Å². The summed E-state index contributed by atoms with van der Waals surface area (Å²) in [6.07, 6.45) is 0.919. The molecule has 6 nitrogen and oxygen atoms in total. The largest absolute Gasteiger partial charge is 0.369 e. The average molecular weight is 455 g/mol. The zero-order valence-corrected chi connectivity index (χ0v) is 19.3. The Kier molecular flexibility index (Phi) is 6.58. The molecule has 4 aromatic rings. The van der Waals surface area contributed by atoms with Gasteiger partial charge in [0, 0.05) is 49.2 Å². The third-order valence-electron chi connectivity index (χ3n) is 6.65. The first-order valence-electron chi connectivity index (χ1n) is 12.0.